The smallest absolute Gasteiger partial charge is 0.361 e. The van der Waals surface area contributed by atoms with Gasteiger partial charge in [-0.15, -0.1) is 0 Å². The molecular weight excluding hydrogens is 573 g/mol. The van der Waals surface area contributed by atoms with Crippen molar-refractivity contribution in [3.8, 4) is 22.6 Å². The average molecular weight is 601 g/mol. The third-order valence-electron chi connectivity index (χ3n) is 7.82. The van der Waals surface area contributed by atoms with Gasteiger partial charge in [0.1, 0.15) is 0 Å². The van der Waals surface area contributed by atoms with Gasteiger partial charge in [0.05, 0.1) is 23.3 Å². The highest BCUT2D eigenvalue weighted by atomic mass is 32.2. The fourth-order valence-corrected chi connectivity index (χ4v) is 6.68. The highest BCUT2D eigenvalue weighted by molar-refractivity contribution is 8.16. The first-order valence-corrected chi connectivity index (χ1v) is 15.6. The van der Waals surface area contributed by atoms with Crippen LogP contribution in [0.1, 0.15) is 22.3 Å². The van der Waals surface area contributed by atoms with Gasteiger partial charge >= 0.3 is 11.5 Å². The van der Waals surface area contributed by atoms with Crippen molar-refractivity contribution in [1.82, 2.24) is 0 Å². The van der Waals surface area contributed by atoms with Gasteiger partial charge in [-0.3, -0.25) is 4.79 Å². The Bertz CT molecular complexity index is 2030. The molecule has 0 saturated heterocycles. The summed E-state index contributed by atoms with van der Waals surface area (Å²) in [7, 11) is 0. The second-order valence-corrected chi connectivity index (χ2v) is 12.0. The quantitative estimate of drug-likeness (QED) is 0.144. The molecule has 216 valence electrons. The van der Waals surface area contributed by atoms with Crippen LogP contribution in [0, 0.1) is 6.92 Å². The Kier molecular flexibility index (Phi) is 7.73. The Morgan fingerprint density at radius 3 is 1.76 bits per heavy atom. The molecule has 0 amide bonds. The number of hydrogen-bond acceptors (Lipinski definition) is 3. The maximum absolute atomic E-state index is 13.5. The summed E-state index contributed by atoms with van der Waals surface area (Å²) >= 11 is 1.69. The summed E-state index contributed by atoms with van der Waals surface area (Å²) in [6.07, 6.45) is 7.52. The van der Waals surface area contributed by atoms with Gasteiger partial charge in [-0.2, -0.15) is 0 Å². The van der Waals surface area contributed by atoms with E-state index in [0.717, 1.165) is 48.8 Å². The van der Waals surface area contributed by atoms with Crippen molar-refractivity contribution >= 4 is 33.4 Å². The molecule has 1 aromatic heterocycles. The number of benzene rings is 4. The summed E-state index contributed by atoms with van der Waals surface area (Å²) in [5.41, 5.74) is 7.11. The average Bonchev–Trinajstić information content (AvgIpc) is 3.10. The topological polar surface area (TPSA) is 51.4 Å². The minimum absolute atomic E-state index is 0.173. The molecule has 0 saturated carbocycles. The van der Waals surface area contributed by atoms with Crippen LogP contribution in [0.2, 0.25) is 0 Å². The fraction of sp³-hybridized carbons (Fsp3) is 0.0244. The number of ketones is 1. The molecular formula is C41H28O3S. The molecule has 2 heterocycles. The molecule has 1 aliphatic carbocycles. The van der Waals surface area contributed by atoms with Crippen LogP contribution < -0.4 is 5.11 Å². The fourth-order valence-electron chi connectivity index (χ4n) is 5.46. The molecule has 0 fully saturated rings. The normalized spacial score (nSPS) is 16.4. The molecule has 1 aliphatic heterocycles. The predicted octanol–water partition coefficient (Wildman–Crippen LogP) is 9.54. The van der Waals surface area contributed by atoms with Crippen molar-refractivity contribution < 1.29 is 14.3 Å². The number of Topliss-reactive ketones (excluding diaryl/α,β-unsaturated/α-hetero) is 1. The van der Waals surface area contributed by atoms with Gasteiger partial charge in [0.15, 0.2) is 5.78 Å². The summed E-state index contributed by atoms with van der Waals surface area (Å²) in [4.78, 5) is 15.6. The SMILES string of the molecule is Cc1ccccc1C1=CC(=CC2=C([O-])C(=Cc3cc(-c4ccccc4)[o+]c(-c4ccccc4)c3)C2=O)C=C(c2ccccc2)S1. The number of carbonyl (C=O) groups excluding carboxylic acids is 1. The van der Waals surface area contributed by atoms with Crippen molar-refractivity contribution in [3.05, 3.63) is 190 Å². The van der Waals surface area contributed by atoms with E-state index in [1.807, 2.05) is 109 Å². The van der Waals surface area contributed by atoms with E-state index in [9.17, 15) is 9.90 Å². The Hall–Kier alpha value is -5.45. The lowest BCUT2D eigenvalue weighted by atomic mass is 9.85. The van der Waals surface area contributed by atoms with Crippen LogP contribution in [-0.4, -0.2) is 5.78 Å². The standard InChI is InChI=1S/C41H28O3S/c1-27-13-11-12-20-33(27)39-26-29(25-38(45-39)32-18-9-4-10-19-32)22-35-40(42)34(41(35)43)21-28-23-36(30-14-5-2-6-15-30)44-37(24-28)31-16-7-3-8-17-31/h2-26H,1H3. The van der Waals surface area contributed by atoms with Crippen LogP contribution in [0.4, 0.5) is 0 Å². The Morgan fingerprint density at radius 2 is 1.18 bits per heavy atom. The largest absolute Gasteiger partial charge is 0.871 e. The third-order valence-corrected chi connectivity index (χ3v) is 8.95. The molecule has 0 bridgehead atoms. The molecule has 7 rings (SSSR count). The van der Waals surface area contributed by atoms with E-state index in [0.29, 0.717) is 11.5 Å². The van der Waals surface area contributed by atoms with E-state index in [-0.39, 0.29) is 22.7 Å². The van der Waals surface area contributed by atoms with E-state index in [4.69, 9.17) is 4.42 Å². The predicted molar refractivity (Wildman–Crippen MR) is 183 cm³/mol. The number of allylic oxidation sites excluding steroid dienone is 6. The summed E-state index contributed by atoms with van der Waals surface area (Å²) < 4.78 is 6.27. The molecule has 0 radical (unpaired) electrons. The Balaban J connectivity index is 1.28. The van der Waals surface area contributed by atoms with E-state index < -0.39 is 0 Å². The van der Waals surface area contributed by atoms with Gasteiger partial charge in [0.2, 0.25) is 0 Å². The van der Waals surface area contributed by atoms with Crippen LogP contribution in [0.5, 0.6) is 0 Å². The lowest BCUT2D eigenvalue weighted by Gasteiger charge is -2.29. The summed E-state index contributed by atoms with van der Waals surface area (Å²) in [6.45, 7) is 2.09. The monoisotopic (exact) mass is 600 g/mol. The van der Waals surface area contributed by atoms with E-state index in [2.05, 4.69) is 37.3 Å². The molecule has 3 nitrogen and oxygen atoms in total. The highest BCUT2D eigenvalue weighted by Gasteiger charge is 2.27. The van der Waals surface area contributed by atoms with Gasteiger partial charge < -0.3 is 5.11 Å². The maximum atomic E-state index is 13.5. The number of rotatable bonds is 6. The Labute approximate surface area is 266 Å². The third kappa shape index (κ3) is 5.88. The summed E-state index contributed by atoms with van der Waals surface area (Å²) in [5.74, 6) is 0.798. The Morgan fingerprint density at radius 1 is 0.644 bits per heavy atom. The molecule has 4 aromatic carbocycles. The molecule has 0 spiro atoms. The van der Waals surface area contributed by atoms with Crippen LogP contribution in [0.15, 0.2) is 173 Å². The molecule has 45 heavy (non-hydrogen) atoms. The van der Waals surface area contributed by atoms with Gasteiger partial charge in [0.25, 0.3) is 0 Å². The van der Waals surface area contributed by atoms with Gasteiger partial charge in [-0.1, -0.05) is 109 Å². The van der Waals surface area contributed by atoms with Gasteiger partial charge in [0, 0.05) is 21.0 Å². The molecule has 2 aliphatic rings. The van der Waals surface area contributed by atoms with Crippen LogP contribution in [-0.2, 0) is 4.79 Å². The summed E-state index contributed by atoms with van der Waals surface area (Å²) in [5, 5.41) is 13.5. The van der Waals surface area contributed by atoms with Crippen molar-refractivity contribution in [2.75, 3.05) is 0 Å². The molecule has 0 unspecified atom stereocenters. The van der Waals surface area contributed by atoms with Crippen LogP contribution >= 0.6 is 11.8 Å². The molecule has 5 aromatic rings. The van der Waals surface area contributed by atoms with E-state index in [1.54, 1.807) is 23.9 Å². The zero-order valence-corrected chi connectivity index (χ0v) is 25.4. The van der Waals surface area contributed by atoms with Crippen LogP contribution in [0.3, 0.4) is 0 Å². The first-order valence-electron chi connectivity index (χ1n) is 14.7. The minimum atomic E-state index is -0.255. The number of aryl methyl sites for hydroxylation is 1. The van der Waals surface area contributed by atoms with E-state index in [1.165, 1.54) is 0 Å². The zero-order chi connectivity index (χ0) is 30.8. The van der Waals surface area contributed by atoms with Crippen LogP contribution in [0.25, 0.3) is 38.5 Å². The van der Waals surface area contributed by atoms with Crippen molar-refractivity contribution in [3.63, 3.8) is 0 Å². The number of hydrogen-bond donors (Lipinski definition) is 0. The number of carbonyl (C=O) groups is 1. The second-order valence-electron chi connectivity index (χ2n) is 10.9. The minimum Gasteiger partial charge on any atom is -0.871 e. The van der Waals surface area contributed by atoms with Crippen molar-refractivity contribution in [2.45, 2.75) is 6.92 Å². The second kappa shape index (κ2) is 12.3. The summed E-state index contributed by atoms with van der Waals surface area (Å²) in [6, 6.07) is 41.8. The maximum Gasteiger partial charge on any atom is 0.361 e. The first kappa shape index (κ1) is 28.3. The molecule has 0 atom stereocenters. The lowest BCUT2D eigenvalue weighted by Crippen LogP contribution is -2.29. The van der Waals surface area contributed by atoms with Crippen molar-refractivity contribution in [1.29, 1.82) is 0 Å². The highest BCUT2D eigenvalue weighted by Crippen LogP contribution is 2.45. The number of thioether (sulfide) groups is 1. The van der Waals surface area contributed by atoms with Gasteiger partial charge in [-0.05, 0) is 83.3 Å². The lowest BCUT2D eigenvalue weighted by molar-refractivity contribution is -0.300. The molecule has 4 heteroatoms. The van der Waals surface area contributed by atoms with Gasteiger partial charge in [-0.25, -0.2) is 4.42 Å². The molecule has 0 N–H and O–H groups in total. The zero-order valence-electron chi connectivity index (χ0n) is 24.6. The van der Waals surface area contributed by atoms with E-state index >= 15 is 0 Å². The van der Waals surface area contributed by atoms with Crippen molar-refractivity contribution in [2.24, 2.45) is 0 Å². The first-order chi connectivity index (χ1) is 22.0.